The number of hydrogen-bond acceptors (Lipinski definition) is 3. The van der Waals surface area contributed by atoms with Crippen molar-refractivity contribution in [2.45, 2.75) is 33.6 Å². The lowest BCUT2D eigenvalue weighted by Crippen LogP contribution is -2.24. The van der Waals surface area contributed by atoms with Crippen LogP contribution in [0.4, 0.5) is 5.69 Å². The first kappa shape index (κ1) is 17.2. The van der Waals surface area contributed by atoms with Gasteiger partial charge in [-0.3, -0.25) is 4.79 Å². The zero-order valence-electron chi connectivity index (χ0n) is 12.8. The Labute approximate surface area is 125 Å². The highest BCUT2D eigenvalue weighted by Crippen LogP contribution is 2.20. The molecule has 5 nitrogen and oxygen atoms in total. The minimum absolute atomic E-state index is 0.128. The van der Waals surface area contributed by atoms with Crippen molar-refractivity contribution < 1.29 is 14.7 Å². The Morgan fingerprint density at radius 3 is 2.52 bits per heavy atom. The monoisotopic (exact) mass is 292 g/mol. The van der Waals surface area contributed by atoms with E-state index in [1.165, 1.54) is 6.07 Å². The van der Waals surface area contributed by atoms with Crippen LogP contribution in [0.3, 0.4) is 0 Å². The first-order valence-electron chi connectivity index (χ1n) is 7.18. The van der Waals surface area contributed by atoms with Crippen LogP contribution in [-0.4, -0.2) is 23.5 Å². The number of anilines is 1. The number of benzene rings is 1. The van der Waals surface area contributed by atoms with Crippen molar-refractivity contribution in [1.29, 1.82) is 0 Å². The summed E-state index contributed by atoms with van der Waals surface area (Å²) in [6.45, 7) is 6.36. The van der Waals surface area contributed by atoms with Crippen LogP contribution in [0, 0.1) is 18.8 Å². The number of hydrogen-bond donors (Lipinski definition) is 3. The number of nitrogens with two attached hydrogens (primary N) is 1. The standard InChI is InChI=1S/C16H24N2O3/c1-10(2)7-12(9-17)8-15(19)18-14-6-4-5-13(11(14)3)16(20)21/h4-6,10,12H,7-9,17H2,1-3H3,(H,18,19)(H,20,21). The smallest absolute Gasteiger partial charge is 0.336 e. The minimum Gasteiger partial charge on any atom is -0.478 e. The van der Waals surface area contributed by atoms with Crippen LogP contribution in [0.5, 0.6) is 0 Å². The van der Waals surface area contributed by atoms with Gasteiger partial charge in [-0.2, -0.15) is 0 Å². The average Bonchev–Trinajstić information content (AvgIpc) is 2.39. The number of nitrogens with one attached hydrogen (secondary N) is 1. The van der Waals surface area contributed by atoms with E-state index in [2.05, 4.69) is 19.2 Å². The number of carbonyl (C=O) groups excluding carboxylic acids is 1. The predicted octanol–water partition coefficient (Wildman–Crippen LogP) is 2.64. The van der Waals surface area contributed by atoms with E-state index < -0.39 is 5.97 Å². The summed E-state index contributed by atoms with van der Waals surface area (Å²) in [5.41, 5.74) is 7.00. The molecule has 1 rings (SSSR count). The van der Waals surface area contributed by atoms with Gasteiger partial charge in [0.2, 0.25) is 5.91 Å². The van der Waals surface area contributed by atoms with Crippen LogP contribution in [-0.2, 0) is 4.79 Å². The molecule has 0 aliphatic carbocycles. The summed E-state index contributed by atoms with van der Waals surface area (Å²) in [6.07, 6.45) is 1.25. The molecule has 0 saturated carbocycles. The summed E-state index contributed by atoms with van der Waals surface area (Å²) in [4.78, 5) is 23.2. The fourth-order valence-corrected chi connectivity index (χ4v) is 2.40. The van der Waals surface area contributed by atoms with E-state index in [0.29, 0.717) is 30.1 Å². The average molecular weight is 292 g/mol. The van der Waals surface area contributed by atoms with Crippen molar-refractivity contribution in [3.63, 3.8) is 0 Å². The fraction of sp³-hybridized carbons (Fsp3) is 0.500. The van der Waals surface area contributed by atoms with Crippen LogP contribution < -0.4 is 11.1 Å². The van der Waals surface area contributed by atoms with Crippen LogP contribution >= 0.6 is 0 Å². The molecule has 1 atom stereocenters. The van der Waals surface area contributed by atoms with Crippen molar-refractivity contribution in [3.8, 4) is 0 Å². The molecule has 0 spiro atoms. The van der Waals surface area contributed by atoms with Gasteiger partial charge < -0.3 is 16.2 Å². The van der Waals surface area contributed by atoms with E-state index in [-0.39, 0.29) is 17.4 Å². The number of rotatable bonds is 7. The lowest BCUT2D eigenvalue weighted by Gasteiger charge is -2.17. The van der Waals surface area contributed by atoms with Gasteiger partial charge in [-0.15, -0.1) is 0 Å². The summed E-state index contributed by atoms with van der Waals surface area (Å²) in [7, 11) is 0. The molecule has 1 amide bonds. The maximum atomic E-state index is 12.1. The molecular weight excluding hydrogens is 268 g/mol. The van der Waals surface area contributed by atoms with Gasteiger partial charge >= 0.3 is 5.97 Å². The topological polar surface area (TPSA) is 92.4 Å². The van der Waals surface area contributed by atoms with E-state index in [0.717, 1.165) is 6.42 Å². The Morgan fingerprint density at radius 1 is 1.33 bits per heavy atom. The van der Waals surface area contributed by atoms with Gasteiger partial charge in [-0.1, -0.05) is 19.9 Å². The van der Waals surface area contributed by atoms with Gasteiger partial charge in [0.15, 0.2) is 0 Å². The molecule has 0 bridgehead atoms. The maximum Gasteiger partial charge on any atom is 0.336 e. The van der Waals surface area contributed by atoms with Crippen LogP contribution in [0.25, 0.3) is 0 Å². The highest BCUT2D eigenvalue weighted by atomic mass is 16.4. The molecule has 0 aromatic heterocycles. The Morgan fingerprint density at radius 2 is 2.00 bits per heavy atom. The molecule has 1 unspecified atom stereocenters. The zero-order chi connectivity index (χ0) is 16.0. The van der Waals surface area contributed by atoms with Gasteiger partial charge in [0, 0.05) is 12.1 Å². The van der Waals surface area contributed by atoms with Crippen LogP contribution in [0.2, 0.25) is 0 Å². The van der Waals surface area contributed by atoms with Gasteiger partial charge in [0.05, 0.1) is 5.56 Å². The first-order valence-corrected chi connectivity index (χ1v) is 7.18. The second-order valence-electron chi connectivity index (χ2n) is 5.77. The van der Waals surface area contributed by atoms with Crippen molar-refractivity contribution >= 4 is 17.6 Å². The van der Waals surface area contributed by atoms with Gasteiger partial charge in [-0.25, -0.2) is 4.79 Å². The Balaban J connectivity index is 2.75. The van der Waals surface area contributed by atoms with E-state index in [4.69, 9.17) is 10.8 Å². The minimum atomic E-state index is -0.997. The molecule has 0 aliphatic rings. The first-order chi connectivity index (χ1) is 9.85. The molecule has 0 fully saturated rings. The second-order valence-corrected chi connectivity index (χ2v) is 5.77. The molecule has 4 N–H and O–H groups in total. The normalized spacial score (nSPS) is 12.2. The summed E-state index contributed by atoms with van der Waals surface area (Å²) >= 11 is 0. The lowest BCUT2D eigenvalue weighted by molar-refractivity contribution is -0.117. The van der Waals surface area contributed by atoms with Gasteiger partial charge in [0.25, 0.3) is 0 Å². The number of carbonyl (C=O) groups is 2. The summed E-state index contributed by atoms with van der Waals surface area (Å²) in [6, 6.07) is 4.86. The Kier molecular flexibility index (Phi) is 6.37. The molecule has 21 heavy (non-hydrogen) atoms. The van der Waals surface area contributed by atoms with Crippen molar-refractivity contribution in [2.24, 2.45) is 17.6 Å². The third-order valence-electron chi connectivity index (χ3n) is 3.45. The summed E-state index contributed by atoms with van der Waals surface area (Å²) in [5, 5.41) is 11.9. The van der Waals surface area contributed by atoms with Crippen LogP contribution in [0.15, 0.2) is 18.2 Å². The number of carboxylic acid groups (broad SMARTS) is 1. The van der Waals surface area contributed by atoms with E-state index in [1.807, 2.05) is 0 Å². The summed E-state index contributed by atoms with van der Waals surface area (Å²) in [5.74, 6) is -0.489. The van der Waals surface area contributed by atoms with Crippen molar-refractivity contribution in [2.75, 3.05) is 11.9 Å². The Hall–Kier alpha value is -1.88. The fourth-order valence-electron chi connectivity index (χ4n) is 2.40. The van der Waals surface area contributed by atoms with E-state index in [9.17, 15) is 9.59 Å². The van der Waals surface area contributed by atoms with E-state index >= 15 is 0 Å². The highest BCUT2D eigenvalue weighted by molar-refractivity contribution is 5.96. The van der Waals surface area contributed by atoms with Gasteiger partial charge in [-0.05, 0) is 49.4 Å². The molecule has 1 aromatic rings. The SMILES string of the molecule is Cc1c(NC(=O)CC(CN)CC(C)C)cccc1C(=O)O. The summed E-state index contributed by atoms with van der Waals surface area (Å²) < 4.78 is 0. The molecular formula is C16H24N2O3. The quantitative estimate of drug-likeness (QED) is 0.720. The molecule has 5 heteroatoms. The van der Waals surface area contributed by atoms with Crippen molar-refractivity contribution in [3.05, 3.63) is 29.3 Å². The predicted molar refractivity (Wildman–Crippen MR) is 83.4 cm³/mol. The third-order valence-corrected chi connectivity index (χ3v) is 3.45. The molecule has 1 aromatic carbocycles. The second kappa shape index (κ2) is 7.78. The molecule has 0 aliphatic heterocycles. The largest absolute Gasteiger partial charge is 0.478 e. The highest BCUT2D eigenvalue weighted by Gasteiger charge is 2.16. The zero-order valence-corrected chi connectivity index (χ0v) is 12.8. The molecule has 0 heterocycles. The molecule has 116 valence electrons. The third kappa shape index (κ3) is 5.19. The number of aromatic carboxylic acids is 1. The van der Waals surface area contributed by atoms with E-state index in [1.54, 1.807) is 19.1 Å². The Bertz CT molecular complexity index is 512. The molecule has 0 saturated heterocycles. The van der Waals surface area contributed by atoms with Crippen LogP contribution in [0.1, 0.15) is 42.6 Å². The number of carboxylic acids is 1. The lowest BCUT2D eigenvalue weighted by atomic mass is 9.94. The molecule has 0 radical (unpaired) electrons. The van der Waals surface area contributed by atoms with Crippen molar-refractivity contribution in [1.82, 2.24) is 0 Å². The number of amides is 1. The maximum absolute atomic E-state index is 12.1. The van der Waals surface area contributed by atoms with Gasteiger partial charge in [0.1, 0.15) is 0 Å².